The predicted molar refractivity (Wildman–Crippen MR) is 190 cm³/mol. The molecule has 0 aromatic carbocycles. The van der Waals surface area contributed by atoms with Gasteiger partial charge in [0.15, 0.2) is 0 Å². The predicted octanol–water partition coefficient (Wildman–Crippen LogP) is 7.87. The molecule has 4 amide bonds. The summed E-state index contributed by atoms with van der Waals surface area (Å²) in [6.07, 6.45) is 5.25. The SMILES string of the molecule is C=CCN(CCCN(C/C=C/CN(CCCN(CCC)C(=O)OC(C)(C)C)C(=O)OC(C)(C)C)C(=O)OC(C)(C)C)C(=O)OC(C)(C)C. The number of ether oxygens (including phenoxy) is 4. The fourth-order valence-corrected chi connectivity index (χ4v) is 4.11. The van der Waals surface area contributed by atoms with E-state index in [-0.39, 0.29) is 19.2 Å². The Morgan fingerprint density at radius 3 is 1.02 bits per heavy atom. The summed E-state index contributed by atoms with van der Waals surface area (Å²) in [4.78, 5) is 57.9. The standard InChI is InChI=1S/C36H66N4O8/c1-15-21-37(29(41)45-33(3,4)5)25-19-27-39(31(43)47-35(9,10)11)23-17-18-24-40(32(44)48-36(12,13)14)28-20-26-38(22-16-2)30(42)46-34(6,7)8/h15,17-18H,1,16,19-28H2,2-14H3/b18-17+. The number of carbonyl (C=O) groups is 4. The molecule has 0 aliphatic heterocycles. The topological polar surface area (TPSA) is 118 Å². The lowest BCUT2D eigenvalue weighted by Gasteiger charge is -2.29. The van der Waals surface area contributed by atoms with Crippen LogP contribution in [0.5, 0.6) is 0 Å². The van der Waals surface area contributed by atoms with Crippen LogP contribution >= 0.6 is 0 Å². The Hall–Kier alpha value is -3.44. The molecule has 0 heterocycles. The van der Waals surface area contributed by atoms with Crippen molar-refractivity contribution >= 4 is 24.4 Å². The summed E-state index contributed by atoms with van der Waals surface area (Å²) in [7, 11) is 0. The lowest BCUT2D eigenvalue weighted by atomic mass is 10.2. The zero-order valence-electron chi connectivity index (χ0n) is 32.3. The average molecular weight is 683 g/mol. The third kappa shape index (κ3) is 22.2. The van der Waals surface area contributed by atoms with E-state index in [9.17, 15) is 19.2 Å². The van der Waals surface area contributed by atoms with Crippen LogP contribution in [-0.4, -0.2) is 119 Å². The maximum Gasteiger partial charge on any atom is 0.410 e. The Morgan fingerprint density at radius 1 is 0.479 bits per heavy atom. The molecule has 0 rings (SSSR count). The van der Waals surface area contributed by atoms with E-state index in [2.05, 4.69) is 6.58 Å². The van der Waals surface area contributed by atoms with Crippen molar-refractivity contribution in [2.24, 2.45) is 0 Å². The molecule has 0 fully saturated rings. The largest absolute Gasteiger partial charge is 0.444 e. The van der Waals surface area contributed by atoms with Crippen molar-refractivity contribution in [3.63, 3.8) is 0 Å². The van der Waals surface area contributed by atoms with Gasteiger partial charge in [-0.05, 0) is 102 Å². The second kappa shape index (κ2) is 20.2. The van der Waals surface area contributed by atoms with Crippen LogP contribution in [0.4, 0.5) is 19.2 Å². The molecule has 12 heteroatoms. The van der Waals surface area contributed by atoms with Crippen LogP contribution in [0, 0.1) is 0 Å². The monoisotopic (exact) mass is 682 g/mol. The van der Waals surface area contributed by atoms with Crippen molar-refractivity contribution in [2.45, 2.75) is 132 Å². The molecule has 0 aliphatic carbocycles. The van der Waals surface area contributed by atoms with Crippen molar-refractivity contribution in [3.05, 3.63) is 24.8 Å². The fourth-order valence-electron chi connectivity index (χ4n) is 4.11. The van der Waals surface area contributed by atoms with Gasteiger partial charge < -0.3 is 38.5 Å². The Balaban J connectivity index is 5.67. The van der Waals surface area contributed by atoms with E-state index < -0.39 is 40.7 Å². The molecule has 12 nitrogen and oxygen atoms in total. The summed E-state index contributed by atoms with van der Waals surface area (Å²) in [5.74, 6) is 0. The highest BCUT2D eigenvalue weighted by molar-refractivity contribution is 5.70. The first kappa shape index (κ1) is 44.6. The van der Waals surface area contributed by atoms with Crippen molar-refractivity contribution in [1.82, 2.24) is 19.6 Å². The van der Waals surface area contributed by atoms with Crippen LogP contribution in [0.3, 0.4) is 0 Å². The van der Waals surface area contributed by atoms with Crippen LogP contribution in [0.1, 0.15) is 109 Å². The van der Waals surface area contributed by atoms with E-state index in [0.717, 1.165) is 6.42 Å². The molecule has 0 bridgehead atoms. The van der Waals surface area contributed by atoms with Crippen LogP contribution < -0.4 is 0 Å². The van der Waals surface area contributed by atoms with Crippen LogP contribution in [0.25, 0.3) is 0 Å². The molecule has 0 radical (unpaired) electrons. The highest BCUT2D eigenvalue weighted by atomic mass is 16.6. The minimum atomic E-state index is -0.692. The van der Waals surface area contributed by atoms with Crippen molar-refractivity contribution < 1.29 is 38.1 Å². The summed E-state index contributed by atoms with van der Waals surface area (Å²) >= 11 is 0. The van der Waals surface area contributed by atoms with Gasteiger partial charge in [0.25, 0.3) is 0 Å². The molecular formula is C36H66N4O8. The molecule has 0 saturated heterocycles. The summed E-state index contributed by atoms with van der Waals surface area (Å²) in [6.45, 7) is 30.3. The smallest absolute Gasteiger partial charge is 0.410 e. The maximum atomic E-state index is 13.1. The van der Waals surface area contributed by atoms with Gasteiger partial charge in [0.2, 0.25) is 0 Å². The van der Waals surface area contributed by atoms with Gasteiger partial charge in [-0.2, -0.15) is 0 Å². The normalized spacial score (nSPS) is 12.3. The third-order valence-corrected chi connectivity index (χ3v) is 5.98. The summed E-state index contributed by atoms with van der Waals surface area (Å²) in [5, 5.41) is 0. The average Bonchev–Trinajstić information content (AvgIpc) is 2.88. The van der Waals surface area contributed by atoms with Gasteiger partial charge in [0.05, 0.1) is 0 Å². The molecule has 0 spiro atoms. The van der Waals surface area contributed by atoms with Gasteiger partial charge in [-0.3, -0.25) is 0 Å². The zero-order chi connectivity index (χ0) is 37.3. The Labute approximate surface area is 290 Å². The van der Waals surface area contributed by atoms with E-state index in [1.807, 2.05) is 75.3 Å². The minimum absolute atomic E-state index is 0.230. The molecule has 0 saturated carbocycles. The number of nitrogens with zero attached hydrogens (tertiary/aromatic N) is 4. The van der Waals surface area contributed by atoms with Crippen molar-refractivity contribution in [2.75, 3.05) is 52.4 Å². The zero-order valence-corrected chi connectivity index (χ0v) is 32.3. The maximum absolute atomic E-state index is 13.1. The van der Waals surface area contributed by atoms with Gasteiger partial charge in [-0.15, -0.1) is 6.58 Å². The van der Waals surface area contributed by atoms with Gasteiger partial charge >= 0.3 is 24.4 Å². The quantitative estimate of drug-likeness (QED) is 0.119. The highest BCUT2D eigenvalue weighted by Gasteiger charge is 2.26. The number of amides is 4. The van der Waals surface area contributed by atoms with Crippen molar-refractivity contribution in [1.29, 1.82) is 0 Å². The number of carbonyl (C=O) groups excluding carboxylic acids is 4. The summed E-state index contributed by atoms with van der Waals surface area (Å²) < 4.78 is 22.4. The molecule has 48 heavy (non-hydrogen) atoms. The number of hydrogen-bond acceptors (Lipinski definition) is 8. The van der Waals surface area contributed by atoms with E-state index >= 15 is 0 Å². The number of hydrogen-bond donors (Lipinski definition) is 0. The molecule has 0 aliphatic rings. The lowest BCUT2D eigenvalue weighted by molar-refractivity contribution is 0.0198. The molecule has 0 atom stereocenters. The van der Waals surface area contributed by atoms with Crippen LogP contribution in [0.15, 0.2) is 24.8 Å². The molecular weight excluding hydrogens is 616 g/mol. The molecule has 0 aromatic rings. The first-order chi connectivity index (χ1) is 21.9. The Bertz CT molecular complexity index is 1050. The van der Waals surface area contributed by atoms with E-state index in [4.69, 9.17) is 18.9 Å². The van der Waals surface area contributed by atoms with Crippen LogP contribution in [-0.2, 0) is 18.9 Å². The van der Waals surface area contributed by atoms with E-state index in [0.29, 0.717) is 52.1 Å². The van der Waals surface area contributed by atoms with Crippen LogP contribution in [0.2, 0.25) is 0 Å². The van der Waals surface area contributed by atoms with Crippen molar-refractivity contribution in [3.8, 4) is 0 Å². The Morgan fingerprint density at radius 2 is 0.750 bits per heavy atom. The summed E-state index contributed by atoms with van der Waals surface area (Å²) in [5.41, 5.74) is -2.62. The van der Waals surface area contributed by atoms with Gasteiger partial charge in [0, 0.05) is 52.4 Å². The highest BCUT2D eigenvalue weighted by Crippen LogP contribution is 2.15. The molecule has 0 unspecified atom stereocenters. The summed E-state index contributed by atoms with van der Waals surface area (Å²) in [6, 6.07) is 0. The second-order valence-electron chi connectivity index (χ2n) is 15.7. The molecule has 278 valence electrons. The fraction of sp³-hybridized carbons (Fsp3) is 0.778. The molecule has 0 N–H and O–H groups in total. The number of rotatable bonds is 16. The van der Waals surface area contributed by atoms with Gasteiger partial charge in [-0.1, -0.05) is 25.2 Å². The second-order valence-corrected chi connectivity index (χ2v) is 15.7. The third-order valence-electron chi connectivity index (χ3n) is 5.98. The van der Waals surface area contributed by atoms with E-state index in [1.54, 1.807) is 52.5 Å². The minimum Gasteiger partial charge on any atom is -0.444 e. The first-order valence-corrected chi connectivity index (χ1v) is 17.0. The Kier molecular flexibility index (Phi) is 18.7. The van der Waals surface area contributed by atoms with E-state index in [1.165, 1.54) is 0 Å². The first-order valence-electron chi connectivity index (χ1n) is 17.0. The van der Waals surface area contributed by atoms with Gasteiger partial charge in [-0.25, -0.2) is 19.2 Å². The molecule has 0 aromatic heterocycles. The van der Waals surface area contributed by atoms with Gasteiger partial charge in [0.1, 0.15) is 22.4 Å². The lowest BCUT2D eigenvalue weighted by Crippen LogP contribution is -2.41.